The molecule has 0 aliphatic rings. The van der Waals surface area contributed by atoms with Crippen LogP contribution in [-0.2, 0) is 11.0 Å². The van der Waals surface area contributed by atoms with Crippen LogP contribution in [0.15, 0.2) is 24.3 Å². The van der Waals surface area contributed by atoms with E-state index in [2.05, 4.69) is 0 Å². The standard InChI is InChI=1S/C14H18F3NO2/c1-3-8-18(9-13(19)20)10(2)11-4-6-12(7-5-11)14(15,16)17/h4-7,10H,3,8-9H2,1-2H3,(H,19,20). The van der Waals surface area contributed by atoms with Crippen LogP contribution >= 0.6 is 0 Å². The smallest absolute Gasteiger partial charge is 0.416 e. The number of hydrogen-bond donors (Lipinski definition) is 1. The van der Waals surface area contributed by atoms with E-state index < -0.39 is 17.7 Å². The first-order chi connectivity index (χ1) is 9.25. The monoisotopic (exact) mass is 289 g/mol. The number of carboxylic acids is 1. The molecule has 0 aliphatic carbocycles. The molecule has 112 valence electrons. The first-order valence-electron chi connectivity index (χ1n) is 6.38. The molecule has 0 saturated heterocycles. The lowest BCUT2D eigenvalue weighted by atomic mass is 10.0. The average Bonchev–Trinajstić information content (AvgIpc) is 2.36. The van der Waals surface area contributed by atoms with Crippen LogP contribution in [-0.4, -0.2) is 29.1 Å². The summed E-state index contributed by atoms with van der Waals surface area (Å²) in [5, 5.41) is 8.87. The van der Waals surface area contributed by atoms with Crippen LogP contribution < -0.4 is 0 Å². The Labute approximate surface area is 116 Å². The van der Waals surface area contributed by atoms with E-state index >= 15 is 0 Å². The molecule has 1 rings (SSSR count). The summed E-state index contributed by atoms with van der Waals surface area (Å²) in [7, 11) is 0. The van der Waals surface area contributed by atoms with Gasteiger partial charge in [0, 0.05) is 6.04 Å². The maximum atomic E-state index is 12.5. The number of aliphatic carboxylic acids is 1. The van der Waals surface area contributed by atoms with Gasteiger partial charge in [-0.25, -0.2) is 0 Å². The summed E-state index contributed by atoms with van der Waals surface area (Å²) >= 11 is 0. The normalized spacial score (nSPS) is 13.5. The van der Waals surface area contributed by atoms with Gasteiger partial charge in [0.1, 0.15) is 0 Å². The summed E-state index contributed by atoms with van der Waals surface area (Å²) in [6, 6.07) is 4.61. The minimum Gasteiger partial charge on any atom is -0.480 e. The first kappa shape index (κ1) is 16.5. The molecular formula is C14H18F3NO2. The number of benzene rings is 1. The zero-order valence-electron chi connectivity index (χ0n) is 11.4. The summed E-state index contributed by atoms with van der Waals surface area (Å²) in [4.78, 5) is 12.5. The summed E-state index contributed by atoms with van der Waals surface area (Å²) in [6.07, 6.45) is -3.58. The van der Waals surface area contributed by atoms with Gasteiger partial charge in [0.05, 0.1) is 12.1 Å². The lowest BCUT2D eigenvalue weighted by Gasteiger charge is -2.27. The number of rotatable bonds is 6. The van der Waals surface area contributed by atoms with Crippen molar-refractivity contribution in [1.82, 2.24) is 4.90 Å². The van der Waals surface area contributed by atoms with Crippen molar-refractivity contribution in [1.29, 1.82) is 0 Å². The van der Waals surface area contributed by atoms with Gasteiger partial charge in [0.15, 0.2) is 0 Å². The van der Waals surface area contributed by atoms with E-state index in [0.29, 0.717) is 12.1 Å². The second kappa shape index (κ2) is 6.74. The average molecular weight is 289 g/mol. The number of carboxylic acid groups (broad SMARTS) is 1. The van der Waals surface area contributed by atoms with Gasteiger partial charge < -0.3 is 5.11 Å². The van der Waals surface area contributed by atoms with Gasteiger partial charge in [-0.1, -0.05) is 19.1 Å². The zero-order chi connectivity index (χ0) is 15.3. The third kappa shape index (κ3) is 4.52. The van der Waals surface area contributed by atoms with Crippen molar-refractivity contribution in [3.05, 3.63) is 35.4 Å². The predicted molar refractivity (Wildman–Crippen MR) is 69.4 cm³/mol. The predicted octanol–water partition coefficient (Wildman–Crippen LogP) is 3.56. The Morgan fingerprint density at radius 2 is 1.85 bits per heavy atom. The second-order valence-corrected chi connectivity index (χ2v) is 4.66. The number of carbonyl (C=O) groups is 1. The van der Waals surface area contributed by atoms with Crippen LogP contribution in [0, 0.1) is 0 Å². The fourth-order valence-corrected chi connectivity index (χ4v) is 2.03. The van der Waals surface area contributed by atoms with Crippen molar-refractivity contribution in [3.63, 3.8) is 0 Å². The molecule has 6 heteroatoms. The van der Waals surface area contributed by atoms with Crippen molar-refractivity contribution in [3.8, 4) is 0 Å². The molecular weight excluding hydrogens is 271 g/mol. The Bertz CT molecular complexity index is 443. The second-order valence-electron chi connectivity index (χ2n) is 4.66. The molecule has 1 aromatic carbocycles. The highest BCUT2D eigenvalue weighted by atomic mass is 19.4. The van der Waals surface area contributed by atoms with E-state index in [1.54, 1.807) is 11.8 Å². The lowest BCUT2D eigenvalue weighted by molar-refractivity contribution is -0.139. The molecule has 0 saturated carbocycles. The van der Waals surface area contributed by atoms with Crippen molar-refractivity contribution in [2.24, 2.45) is 0 Å². The summed E-state index contributed by atoms with van der Waals surface area (Å²) in [5.74, 6) is -0.947. The number of halogens is 3. The van der Waals surface area contributed by atoms with Gasteiger partial charge in [-0.05, 0) is 37.6 Å². The molecule has 0 spiro atoms. The maximum Gasteiger partial charge on any atom is 0.416 e. The Balaban J connectivity index is 2.88. The topological polar surface area (TPSA) is 40.5 Å². The molecule has 0 radical (unpaired) electrons. The molecule has 0 heterocycles. The van der Waals surface area contributed by atoms with E-state index in [0.717, 1.165) is 18.6 Å². The van der Waals surface area contributed by atoms with E-state index in [9.17, 15) is 18.0 Å². The van der Waals surface area contributed by atoms with E-state index in [-0.39, 0.29) is 12.6 Å². The molecule has 1 aromatic rings. The molecule has 0 bridgehead atoms. The number of alkyl halides is 3. The van der Waals surface area contributed by atoms with E-state index in [1.807, 2.05) is 6.92 Å². The van der Waals surface area contributed by atoms with Crippen molar-refractivity contribution >= 4 is 5.97 Å². The largest absolute Gasteiger partial charge is 0.480 e. The van der Waals surface area contributed by atoms with Crippen molar-refractivity contribution in [2.75, 3.05) is 13.1 Å². The Morgan fingerprint density at radius 1 is 1.30 bits per heavy atom. The fraction of sp³-hybridized carbons (Fsp3) is 0.500. The van der Waals surface area contributed by atoms with Crippen molar-refractivity contribution < 1.29 is 23.1 Å². The Hall–Kier alpha value is -1.56. The fourth-order valence-electron chi connectivity index (χ4n) is 2.03. The molecule has 0 fully saturated rings. The highest BCUT2D eigenvalue weighted by molar-refractivity contribution is 5.69. The third-order valence-electron chi connectivity index (χ3n) is 3.12. The molecule has 1 N–H and O–H groups in total. The summed E-state index contributed by atoms with van der Waals surface area (Å²) < 4.78 is 37.5. The molecule has 1 unspecified atom stereocenters. The molecule has 3 nitrogen and oxygen atoms in total. The molecule has 1 atom stereocenters. The maximum absolute atomic E-state index is 12.5. The van der Waals surface area contributed by atoms with Crippen LogP contribution in [0.1, 0.15) is 37.4 Å². The van der Waals surface area contributed by atoms with Gasteiger partial charge in [0.2, 0.25) is 0 Å². The number of nitrogens with zero attached hydrogens (tertiary/aromatic N) is 1. The lowest BCUT2D eigenvalue weighted by Crippen LogP contribution is -2.33. The van der Waals surface area contributed by atoms with E-state index in [4.69, 9.17) is 5.11 Å². The Kier molecular flexibility index (Phi) is 5.56. The van der Waals surface area contributed by atoms with Crippen LogP contribution in [0.4, 0.5) is 13.2 Å². The van der Waals surface area contributed by atoms with Crippen LogP contribution in [0.2, 0.25) is 0 Å². The molecule has 20 heavy (non-hydrogen) atoms. The van der Waals surface area contributed by atoms with Gasteiger partial charge in [0.25, 0.3) is 0 Å². The van der Waals surface area contributed by atoms with Gasteiger partial charge in [-0.15, -0.1) is 0 Å². The first-order valence-corrected chi connectivity index (χ1v) is 6.38. The molecule has 0 aromatic heterocycles. The third-order valence-corrected chi connectivity index (χ3v) is 3.12. The van der Waals surface area contributed by atoms with Crippen LogP contribution in [0.5, 0.6) is 0 Å². The van der Waals surface area contributed by atoms with Crippen LogP contribution in [0.3, 0.4) is 0 Å². The highest BCUT2D eigenvalue weighted by Crippen LogP contribution is 2.30. The summed E-state index contributed by atoms with van der Waals surface area (Å²) in [6.45, 7) is 4.17. The molecule has 0 amide bonds. The summed E-state index contributed by atoms with van der Waals surface area (Å²) in [5.41, 5.74) is -0.0265. The van der Waals surface area contributed by atoms with Gasteiger partial charge in [-0.2, -0.15) is 13.2 Å². The minimum absolute atomic E-state index is 0.129. The van der Waals surface area contributed by atoms with E-state index in [1.165, 1.54) is 12.1 Å². The van der Waals surface area contributed by atoms with Crippen LogP contribution in [0.25, 0.3) is 0 Å². The minimum atomic E-state index is -4.36. The zero-order valence-corrected chi connectivity index (χ0v) is 11.4. The van der Waals surface area contributed by atoms with Gasteiger partial charge >= 0.3 is 12.1 Å². The Morgan fingerprint density at radius 3 is 2.25 bits per heavy atom. The molecule has 0 aliphatic heterocycles. The van der Waals surface area contributed by atoms with Crippen molar-refractivity contribution in [2.45, 2.75) is 32.5 Å². The van der Waals surface area contributed by atoms with Gasteiger partial charge in [-0.3, -0.25) is 9.69 Å². The SMILES string of the molecule is CCCN(CC(=O)O)C(C)c1ccc(C(F)(F)F)cc1. The highest BCUT2D eigenvalue weighted by Gasteiger charge is 2.30. The number of hydrogen-bond acceptors (Lipinski definition) is 2. The quantitative estimate of drug-likeness (QED) is 0.870.